The fourth-order valence-corrected chi connectivity index (χ4v) is 3.91. The Morgan fingerprint density at radius 3 is 2.49 bits per heavy atom. The number of aromatic nitrogens is 5. The molecule has 0 saturated carbocycles. The molecule has 3 aromatic heterocycles. The third-order valence-electron chi connectivity index (χ3n) is 5.77. The number of carbonyl (C=O) groups is 1. The highest BCUT2D eigenvalue weighted by Crippen LogP contribution is 2.33. The summed E-state index contributed by atoms with van der Waals surface area (Å²) in [4.78, 5) is 27.5. The van der Waals surface area contributed by atoms with Gasteiger partial charge in [0.05, 0.1) is 37.4 Å². The molecule has 1 saturated heterocycles. The molecule has 1 N–H and O–H groups in total. The summed E-state index contributed by atoms with van der Waals surface area (Å²) in [6, 6.07) is 0.101. The van der Waals surface area contributed by atoms with Gasteiger partial charge in [-0.1, -0.05) is 5.16 Å². The number of piperazine rings is 1. The number of halogens is 6. The summed E-state index contributed by atoms with van der Waals surface area (Å²) < 4.78 is 88.9. The third kappa shape index (κ3) is 5.70. The monoisotopic (exact) mass is 537 g/mol. The molecule has 0 bridgehead atoms. The smallest absolute Gasteiger partial charge is 0.379 e. The van der Waals surface area contributed by atoms with Crippen molar-refractivity contribution in [2.45, 2.75) is 31.7 Å². The largest absolute Gasteiger partial charge is 0.452 e. The molecule has 1 unspecified atom stereocenters. The molecular weight excluding hydrogens is 516 g/mol. The fourth-order valence-electron chi connectivity index (χ4n) is 3.91. The highest BCUT2D eigenvalue weighted by molar-refractivity contribution is 5.80. The van der Waals surface area contributed by atoms with E-state index < -0.39 is 40.8 Å². The molecule has 1 aliphatic rings. The molecule has 1 atom stereocenters. The first kappa shape index (κ1) is 26.4. The van der Waals surface area contributed by atoms with Crippen molar-refractivity contribution in [2.24, 2.45) is 0 Å². The summed E-state index contributed by atoms with van der Waals surface area (Å²) in [6.45, 7) is 2.46. The maximum absolute atomic E-state index is 13.3. The van der Waals surface area contributed by atoms with E-state index >= 15 is 0 Å². The van der Waals surface area contributed by atoms with E-state index in [4.69, 9.17) is 4.74 Å². The zero-order chi connectivity index (χ0) is 27.0. The predicted molar refractivity (Wildman–Crippen MR) is 114 cm³/mol. The molecule has 0 aromatic carbocycles. The molecule has 4 heterocycles. The highest BCUT2D eigenvalue weighted by Gasteiger charge is 2.39. The first-order valence-electron chi connectivity index (χ1n) is 11.0. The van der Waals surface area contributed by atoms with Gasteiger partial charge in [-0.2, -0.15) is 36.5 Å². The Hall–Kier alpha value is -3.63. The van der Waals surface area contributed by atoms with Crippen LogP contribution >= 0.6 is 0 Å². The van der Waals surface area contributed by atoms with Crippen LogP contribution in [-0.2, 0) is 21.9 Å². The minimum atomic E-state index is -4.84. The fraction of sp³-hybridized carbons (Fsp3) is 0.550. The number of nitrogens with one attached hydrogen (secondary N) is 1. The van der Waals surface area contributed by atoms with Gasteiger partial charge in [0.1, 0.15) is 5.39 Å². The van der Waals surface area contributed by atoms with Gasteiger partial charge in [0.2, 0.25) is 11.7 Å². The van der Waals surface area contributed by atoms with Crippen LogP contribution in [0.2, 0.25) is 0 Å². The number of amides is 1. The quantitative estimate of drug-likeness (QED) is 0.360. The molecule has 0 radical (unpaired) electrons. The van der Waals surface area contributed by atoms with Crippen LogP contribution in [0.1, 0.15) is 30.8 Å². The van der Waals surface area contributed by atoms with E-state index in [-0.39, 0.29) is 63.1 Å². The third-order valence-corrected chi connectivity index (χ3v) is 5.77. The Morgan fingerprint density at radius 1 is 1.16 bits per heavy atom. The molecule has 17 heteroatoms. The number of nitrogens with zero attached hydrogens (tertiary/aromatic N) is 6. The van der Waals surface area contributed by atoms with Crippen LogP contribution in [0.3, 0.4) is 0 Å². The number of hydrogen-bond acceptors (Lipinski definition) is 8. The summed E-state index contributed by atoms with van der Waals surface area (Å²) >= 11 is 0. The Labute approximate surface area is 203 Å². The van der Waals surface area contributed by atoms with E-state index in [2.05, 4.69) is 19.9 Å². The minimum absolute atomic E-state index is 0.0101. The van der Waals surface area contributed by atoms with Gasteiger partial charge in [-0.15, -0.1) is 0 Å². The lowest BCUT2D eigenvalue weighted by Crippen LogP contribution is -2.49. The summed E-state index contributed by atoms with van der Waals surface area (Å²) in [5, 5.41) is 11.9. The average molecular weight is 537 g/mol. The molecule has 1 amide bonds. The van der Waals surface area contributed by atoms with Gasteiger partial charge in [0.15, 0.2) is 11.5 Å². The first-order chi connectivity index (χ1) is 17.4. The standard InChI is InChI=1S/C20H21F6N7O4/c1-11(33-12-9-27-28-18(35)16(12)17(29-33)20(24,25)26)10-36-7-2-15(34)32-5-3-31(4-6-32)14-8-13(37-30-14)19(21,22)23/h8-9,11H,2-7,10H2,1H3,(H,28,35). The van der Waals surface area contributed by atoms with Crippen molar-refractivity contribution in [3.8, 4) is 0 Å². The zero-order valence-electron chi connectivity index (χ0n) is 19.3. The maximum atomic E-state index is 13.3. The normalized spacial score (nSPS) is 16.0. The lowest BCUT2D eigenvalue weighted by atomic mass is 10.2. The molecule has 0 spiro atoms. The van der Waals surface area contributed by atoms with E-state index in [1.54, 1.807) is 11.8 Å². The van der Waals surface area contributed by atoms with E-state index in [0.29, 0.717) is 0 Å². The Morgan fingerprint density at radius 2 is 1.86 bits per heavy atom. The van der Waals surface area contributed by atoms with Crippen molar-refractivity contribution in [1.82, 2.24) is 30.0 Å². The predicted octanol–water partition coefficient (Wildman–Crippen LogP) is 2.46. The summed E-state index contributed by atoms with van der Waals surface area (Å²) in [6.07, 6.45) is -8.42. The van der Waals surface area contributed by atoms with Crippen molar-refractivity contribution < 1.29 is 40.4 Å². The Balaban J connectivity index is 1.27. The molecule has 1 aliphatic heterocycles. The number of anilines is 1. The van der Waals surface area contributed by atoms with Crippen LogP contribution < -0.4 is 10.5 Å². The van der Waals surface area contributed by atoms with E-state index in [1.165, 1.54) is 4.90 Å². The van der Waals surface area contributed by atoms with Crippen molar-refractivity contribution in [3.05, 3.63) is 34.1 Å². The number of H-pyrrole nitrogens is 1. The van der Waals surface area contributed by atoms with Crippen LogP contribution in [0.4, 0.5) is 32.2 Å². The number of hydrogen-bond donors (Lipinski definition) is 1. The van der Waals surface area contributed by atoms with Crippen LogP contribution in [0.15, 0.2) is 21.6 Å². The maximum Gasteiger partial charge on any atom is 0.452 e. The molecule has 4 rings (SSSR count). The summed E-state index contributed by atoms with van der Waals surface area (Å²) in [5.74, 6) is -1.41. The lowest BCUT2D eigenvalue weighted by molar-refractivity contribution is -0.155. The van der Waals surface area contributed by atoms with Gasteiger partial charge < -0.3 is 19.1 Å². The molecular formula is C20H21F6N7O4. The number of rotatable bonds is 7. The topological polar surface area (TPSA) is 122 Å². The number of fused-ring (bicyclic) bond motifs is 1. The highest BCUT2D eigenvalue weighted by atomic mass is 19.4. The van der Waals surface area contributed by atoms with Crippen molar-refractivity contribution >= 4 is 22.6 Å². The van der Waals surface area contributed by atoms with Gasteiger partial charge in [0, 0.05) is 32.2 Å². The molecule has 3 aromatic rings. The lowest BCUT2D eigenvalue weighted by Gasteiger charge is -2.34. The average Bonchev–Trinajstić information content (AvgIpc) is 3.48. The molecule has 11 nitrogen and oxygen atoms in total. The second-order valence-electron chi connectivity index (χ2n) is 8.34. The molecule has 202 valence electrons. The summed E-state index contributed by atoms with van der Waals surface area (Å²) in [7, 11) is 0. The SMILES string of the molecule is CC(COCCC(=O)N1CCN(c2cc(C(F)(F)F)on2)CC1)n1nc(C(F)(F)F)c2c(=O)[nH]ncc21. The number of carbonyl (C=O) groups excluding carboxylic acids is 1. The van der Waals surface area contributed by atoms with Crippen molar-refractivity contribution in [2.75, 3.05) is 44.3 Å². The van der Waals surface area contributed by atoms with Crippen LogP contribution in [-0.4, -0.2) is 75.3 Å². The van der Waals surface area contributed by atoms with Crippen molar-refractivity contribution in [1.29, 1.82) is 0 Å². The Bertz CT molecular complexity index is 1310. The van der Waals surface area contributed by atoms with Crippen LogP contribution in [0.25, 0.3) is 10.9 Å². The van der Waals surface area contributed by atoms with E-state index in [0.717, 1.165) is 16.9 Å². The summed E-state index contributed by atoms with van der Waals surface area (Å²) in [5.41, 5.74) is -2.44. The van der Waals surface area contributed by atoms with Crippen LogP contribution in [0.5, 0.6) is 0 Å². The molecule has 0 aliphatic carbocycles. The zero-order valence-corrected chi connectivity index (χ0v) is 19.3. The molecule has 1 fully saturated rings. The van der Waals surface area contributed by atoms with Gasteiger partial charge in [-0.05, 0) is 6.92 Å². The number of ether oxygens (including phenoxy) is 1. The second-order valence-corrected chi connectivity index (χ2v) is 8.34. The van der Waals surface area contributed by atoms with Gasteiger partial charge >= 0.3 is 12.4 Å². The van der Waals surface area contributed by atoms with E-state index in [9.17, 15) is 35.9 Å². The Kier molecular flexibility index (Phi) is 7.16. The van der Waals surface area contributed by atoms with Gasteiger partial charge in [-0.3, -0.25) is 14.3 Å². The van der Waals surface area contributed by atoms with Crippen LogP contribution in [0, 0.1) is 0 Å². The van der Waals surface area contributed by atoms with Gasteiger partial charge in [-0.25, -0.2) is 5.10 Å². The first-order valence-corrected chi connectivity index (χ1v) is 11.0. The van der Waals surface area contributed by atoms with Crippen molar-refractivity contribution in [3.63, 3.8) is 0 Å². The second kappa shape index (κ2) is 10.0. The minimum Gasteiger partial charge on any atom is -0.379 e. The van der Waals surface area contributed by atoms with Gasteiger partial charge in [0.25, 0.3) is 5.56 Å². The molecule has 37 heavy (non-hydrogen) atoms. The number of aromatic amines is 1. The van der Waals surface area contributed by atoms with E-state index in [1.807, 2.05) is 5.10 Å². The number of alkyl halides is 6.